The molecule has 0 spiro atoms. The van der Waals surface area contributed by atoms with Gasteiger partial charge in [0.15, 0.2) is 0 Å². The molecule has 0 saturated heterocycles. The van der Waals surface area contributed by atoms with Crippen LogP contribution >= 0.6 is 0 Å². The lowest BCUT2D eigenvalue weighted by atomic mass is 10.0. The van der Waals surface area contributed by atoms with Crippen LogP contribution in [0.5, 0.6) is 5.75 Å². The quantitative estimate of drug-likeness (QED) is 0.727. The van der Waals surface area contributed by atoms with Crippen LogP contribution in [0, 0.1) is 5.92 Å². The van der Waals surface area contributed by atoms with E-state index in [2.05, 4.69) is 5.32 Å². The molecule has 0 saturated carbocycles. The van der Waals surface area contributed by atoms with Gasteiger partial charge < -0.3 is 15.5 Å². The molecule has 0 heterocycles. The molecular formula is C13H19NO3. The summed E-state index contributed by atoms with van der Waals surface area (Å²) < 4.78 is 0. The molecule has 0 fully saturated rings. The average molecular weight is 237 g/mol. The van der Waals surface area contributed by atoms with Crippen LogP contribution in [-0.4, -0.2) is 28.8 Å². The zero-order valence-corrected chi connectivity index (χ0v) is 10.2. The number of aliphatic hydroxyl groups excluding tert-OH is 1. The van der Waals surface area contributed by atoms with Crippen molar-refractivity contribution in [3.8, 4) is 5.75 Å². The Bertz CT molecular complexity index is 359. The van der Waals surface area contributed by atoms with Crippen LogP contribution in [0.1, 0.15) is 30.6 Å². The molecule has 1 amide bonds. The molecule has 0 aliphatic carbocycles. The van der Waals surface area contributed by atoms with Crippen LogP contribution in [0.4, 0.5) is 0 Å². The number of carbonyl (C=O) groups is 1. The number of rotatable bonds is 5. The highest BCUT2D eigenvalue weighted by molar-refractivity contribution is 5.94. The molecule has 1 atom stereocenters. The third-order valence-corrected chi connectivity index (χ3v) is 2.44. The minimum absolute atomic E-state index is 0.0675. The van der Waals surface area contributed by atoms with E-state index in [4.69, 9.17) is 10.2 Å². The minimum atomic E-state index is -0.232. The molecule has 94 valence electrons. The van der Waals surface area contributed by atoms with Crippen LogP contribution in [0.3, 0.4) is 0 Å². The number of aliphatic hydroxyl groups is 1. The molecular weight excluding hydrogens is 218 g/mol. The van der Waals surface area contributed by atoms with Gasteiger partial charge >= 0.3 is 0 Å². The van der Waals surface area contributed by atoms with Crippen molar-refractivity contribution in [3.63, 3.8) is 0 Å². The summed E-state index contributed by atoms with van der Waals surface area (Å²) in [6.07, 6.45) is 0.736. The van der Waals surface area contributed by atoms with Crippen molar-refractivity contribution in [3.05, 3.63) is 29.8 Å². The van der Waals surface area contributed by atoms with Crippen LogP contribution in [0.25, 0.3) is 0 Å². The Balaban J connectivity index is 2.61. The molecule has 4 heteroatoms. The molecule has 1 unspecified atom stereocenters. The van der Waals surface area contributed by atoms with Crippen molar-refractivity contribution in [1.29, 1.82) is 0 Å². The normalized spacial score (nSPS) is 12.5. The number of hydrogen-bond donors (Lipinski definition) is 3. The average Bonchev–Trinajstić information content (AvgIpc) is 2.28. The van der Waals surface area contributed by atoms with E-state index in [0.29, 0.717) is 11.5 Å². The van der Waals surface area contributed by atoms with E-state index in [1.807, 2.05) is 13.8 Å². The van der Waals surface area contributed by atoms with Gasteiger partial charge in [0, 0.05) is 5.56 Å². The van der Waals surface area contributed by atoms with E-state index in [1.165, 1.54) is 12.1 Å². The van der Waals surface area contributed by atoms with Crippen molar-refractivity contribution < 1.29 is 15.0 Å². The molecule has 1 aromatic rings. The van der Waals surface area contributed by atoms with Gasteiger partial charge in [-0.3, -0.25) is 4.79 Å². The van der Waals surface area contributed by atoms with Gasteiger partial charge in [-0.2, -0.15) is 0 Å². The first-order valence-electron chi connectivity index (χ1n) is 5.73. The highest BCUT2D eigenvalue weighted by Gasteiger charge is 2.14. The van der Waals surface area contributed by atoms with Crippen molar-refractivity contribution >= 4 is 5.91 Å². The third kappa shape index (κ3) is 4.44. The number of aromatic hydroxyl groups is 1. The number of carbonyl (C=O) groups excluding carboxylic acids is 1. The Morgan fingerprint density at radius 1 is 1.29 bits per heavy atom. The largest absolute Gasteiger partial charge is 0.508 e. The van der Waals surface area contributed by atoms with Gasteiger partial charge in [0.25, 0.3) is 5.91 Å². The number of phenols is 1. The van der Waals surface area contributed by atoms with E-state index in [9.17, 15) is 4.79 Å². The highest BCUT2D eigenvalue weighted by Crippen LogP contribution is 2.10. The van der Waals surface area contributed by atoms with Crippen LogP contribution in [0.15, 0.2) is 24.3 Å². The SMILES string of the molecule is CC(C)CC(CO)NC(=O)c1ccc(O)cc1. The molecule has 1 rings (SSSR count). The second-order valence-electron chi connectivity index (χ2n) is 4.53. The number of phenolic OH excluding ortho intramolecular Hbond substituents is 1. The van der Waals surface area contributed by atoms with Gasteiger partial charge in [0.2, 0.25) is 0 Å². The Kier molecular flexibility index (Phi) is 4.97. The van der Waals surface area contributed by atoms with Crippen molar-refractivity contribution in [2.24, 2.45) is 5.92 Å². The number of amides is 1. The van der Waals surface area contributed by atoms with Gasteiger partial charge in [0.1, 0.15) is 5.75 Å². The van der Waals surface area contributed by atoms with Crippen molar-refractivity contribution in [2.45, 2.75) is 26.3 Å². The molecule has 3 N–H and O–H groups in total. The van der Waals surface area contributed by atoms with Gasteiger partial charge in [0.05, 0.1) is 12.6 Å². The Labute approximate surface area is 101 Å². The molecule has 0 aromatic heterocycles. The standard InChI is InChI=1S/C13H19NO3/c1-9(2)7-11(8-15)14-13(17)10-3-5-12(16)6-4-10/h3-6,9,11,15-16H,7-8H2,1-2H3,(H,14,17). The van der Waals surface area contributed by atoms with Crippen LogP contribution in [0.2, 0.25) is 0 Å². The first-order valence-corrected chi connectivity index (χ1v) is 5.73. The van der Waals surface area contributed by atoms with E-state index in [0.717, 1.165) is 6.42 Å². The zero-order valence-electron chi connectivity index (χ0n) is 10.2. The summed E-state index contributed by atoms with van der Waals surface area (Å²) in [7, 11) is 0. The highest BCUT2D eigenvalue weighted by atomic mass is 16.3. The van der Waals surface area contributed by atoms with Crippen molar-refractivity contribution in [1.82, 2.24) is 5.32 Å². The summed E-state index contributed by atoms with van der Waals surface area (Å²) in [5, 5.41) is 21.0. The summed E-state index contributed by atoms with van der Waals surface area (Å²) in [4.78, 5) is 11.8. The minimum Gasteiger partial charge on any atom is -0.508 e. The summed E-state index contributed by atoms with van der Waals surface area (Å²) in [6, 6.07) is 5.80. The summed E-state index contributed by atoms with van der Waals surface area (Å²) in [6.45, 7) is 4.01. The van der Waals surface area contributed by atoms with E-state index in [-0.39, 0.29) is 24.3 Å². The zero-order chi connectivity index (χ0) is 12.8. The molecule has 4 nitrogen and oxygen atoms in total. The fraction of sp³-hybridized carbons (Fsp3) is 0.462. The first kappa shape index (κ1) is 13.5. The maximum atomic E-state index is 11.8. The smallest absolute Gasteiger partial charge is 0.251 e. The van der Waals surface area contributed by atoms with Gasteiger partial charge in [-0.1, -0.05) is 13.8 Å². The lowest BCUT2D eigenvalue weighted by Crippen LogP contribution is -2.38. The molecule has 17 heavy (non-hydrogen) atoms. The fourth-order valence-electron chi connectivity index (χ4n) is 1.63. The van der Waals surface area contributed by atoms with Crippen molar-refractivity contribution in [2.75, 3.05) is 6.61 Å². The van der Waals surface area contributed by atoms with Crippen LogP contribution < -0.4 is 5.32 Å². The molecule has 1 aromatic carbocycles. The number of hydrogen-bond acceptors (Lipinski definition) is 3. The predicted molar refractivity (Wildman–Crippen MR) is 65.9 cm³/mol. The summed E-state index contributed by atoms with van der Waals surface area (Å²) >= 11 is 0. The maximum Gasteiger partial charge on any atom is 0.251 e. The Hall–Kier alpha value is -1.55. The second-order valence-corrected chi connectivity index (χ2v) is 4.53. The topological polar surface area (TPSA) is 69.6 Å². The van der Waals surface area contributed by atoms with E-state index < -0.39 is 0 Å². The second kappa shape index (κ2) is 6.25. The summed E-state index contributed by atoms with van der Waals surface area (Å²) in [5.74, 6) is 0.305. The van der Waals surface area contributed by atoms with Crippen LogP contribution in [-0.2, 0) is 0 Å². The molecule has 0 aliphatic rings. The third-order valence-electron chi connectivity index (χ3n) is 2.44. The maximum absolute atomic E-state index is 11.8. The molecule has 0 bridgehead atoms. The lowest BCUT2D eigenvalue weighted by molar-refractivity contribution is 0.0908. The summed E-state index contributed by atoms with van der Waals surface area (Å²) in [5.41, 5.74) is 0.477. The van der Waals surface area contributed by atoms with E-state index in [1.54, 1.807) is 12.1 Å². The monoisotopic (exact) mass is 237 g/mol. The molecule has 0 radical (unpaired) electrons. The van der Waals surface area contributed by atoms with Gasteiger partial charge in [-0.25, -0.2) is 0 Å². The van der Waals surface area contributed by atoms with E-state index >= 15 is 0 Å². The lowest BCUT2D eigenvalue weighted by Gasteiger charge is -2.18. The fourth-order valence-corrected chi connectivity index (χ4v) is 1.63. The Morgan fingerprint density at radius 2 is 1.88 bits per heavy atom. The predicted octanol–water partition coefficient (Wildman–Crippen LogP) is 1.53. The number of benzene rings is 1. The Morgan fingerprint density at radius 3 is 2.35 bits per heavy atom. The number of nitrogens with one attached hydrogen (secondary N) is 1. The van der Waals surface area contributed by atoms with Gasteiger partial charge in [-0.05, 0) is 36.6 Å². The first-order chi connectivity index (χ1) is 8.02. The molecule has 0 aliphatic heterocycles. The van der Waals surface area contributed by atoms with Gasteiger partial charge in [-0.15, -0.1) is 0 Å².